The van der Waals surface area contributed by atoms with Gasteiger partial charge in [0.1, 0.15) is 0 Å². The van der Waals surface area contributed by atoms with Gasteiger partial charge in [0.15, 0.2) is 5.17 Å². The maximum absolute atomic E-state index is 12.0. The Morgan fingerprint density at radius 3 is 3.20 bits per heavy atom. The Morgan fingerprint density at radius 2 is 2.40 bits per heavy atom. The Morgan fingerprint density at radius 1 is 1.53 bits per heavy atom. The number of aliphatic imine (C=N–C) groups is 1. The third-order valence-electron chi connectivity index (χ3n) is 3.76. The van der Waals surface area contributed by atoms with Crippen LogP contribution in [0, 0.1) is 11.8 Å². The van der Waals surface area contributed by atoms with Crippen LogP contribution < -0.4 is 10.6 Å². The molecule has 0 aromatic rings. The number of amides is 1. The average molecular weight is 225 g/mol. The van der Waals surface area contributed by atoms with Crippen LogP contribution in [0.2, 0.25) is 0 Å². The fourth-order valence-corrected chi connectivity index (χ4v) is 3.53. The van der Waals surface area contributed by atoms with Crippen molar-refractivity contribution >= 4 is 22.8 Å². The van der Waals surface area contributed by atoms with E-state index in [2.05, 4.69) is 15.6 Å². The highest BCUT2D eigenvalue weighted by Crippen LogP contribution is 2.41. The summed E-state index contributed by atoms with van der Waals surface area (Å²) in [5.74, 6) is 0.866. The number of fused-ring (bicyclic) bond motifs is 5. The van der Waals surface area contributed by atoms with Gasteiger partial charge in [0.2, 0.25) is 5.91 Å². The molecule has 1 saturated carbocycles. The van der Waals surface area contributed by atoms with Gasteiger partial charge in [-0.1, -0.05) is 11.8 Å². The zero-order valence-electron chi connectivity index (χ0n) is 8.69. The van der Waals surface area contributed by atoms with Crippen LogP contribution in [0.3, 0.4) is 0 Å². The average Bonchev–Trinajstić information content (AvgIpc) is 2.51. The van der Waals surface area contributed by atoms with E-state index >= 15 is 0 Å². The molecular weight excluding hydrogens is 210 g/mol. The monoisotopic (exact) mass is 225 g/mol. The number of carbonyl (C=O) groups excluding carboxylic acids is 1. The van der Waals surface area contributed by atoms with Gasteiger partial charge in [-0.2, -0.15) is 0 Å². The van der Waals surface area contributed by atoms with Crippen molar-refractivity contribution in [3.63, 3.8) is 0 Å². The molecule has 1 aliphatic carbocycles. The summed E-state index contributed by atoms with van der Waals surface area (Å²) in [5, 5.41) is 7.16. The highest BCUT2D eigenvalue weighted by atomic mass is 32.2. The molecule has 2 aliphatic heterocycles. The molecule has 4 unspecified atom stereocenters. The van der Waals surface area contributed by atoms with Crippen LogP contribution in [-0.4, -0.2) is 36.0 Å². The van der Waals surface area contributed by atoms with Gasteiger partial charge < -0.3 is 10.6 Å². The molecule has 1 amide bonds. The molecule has 2 bridgehead atoms. The standard InChI is InChI=1S/C10H15N3OS/c1-15-10-12-8-6-4-5(2-3-11-6)7(8)9(14)13-10/h5-8,11H,2-4H2,1H3,(H,12,13,14). The number of hydrogen-bond donors (Lipinski definition) is 2. The fourth-order valence-electron chi connectivity index (χ4n) is 3.10. The molecule has 4 nitrogen and oxygen atoms in total. The van der Waals surface area contributed by atoms with Crippen LogP contribution in [0.1, 0.15) is 12.8 Å². The SMILES string of the molecule is CSC1=NC2C3CC(CCN3)C2C(=O)N1. The molecule has 5 heteroatoms. The van der Waals surface area contributed by atoms with Gasteiger partial charge >= 0.3 is 0 Å². The minimum absolute atomic E-state index is 0.126. The summed E-state index contributed by atoms with van der Waals surface area (Å²) in [5.41, 5.74) is 0. The van der Waals surface area contributed by atoms with Crippen LogP contribution >= 0.6 is 11.8 Å². The summed E-state index contributed by atoms with van der Waals surface area (Å²) >= 11 is 1.52. The first kappa shape index (κ1) is 9.66. The second kappa shape index (κ2) is 3.49. The summed E-state index contributed by atoms with van der Waals surface area (Å²) < 4.78 is 0. The topological polar surface area (TPSA) is 53.5 Å². The summed E-state index contributed by atoms with van der Waals surface area (Å²) in [6.07, 6.45) is 4.19. The van der Waals surface area contributed by atoms with E-state index in [1.54, 1.807) is 0 Å². The van der Waals surface area contributed by atoms with Crippen LogP contribution in [0.15, 0.2) is 4.99 Å². The Labute approximate surface area is 93.3 Å². The van der Waals surface area contributed by atoms with Gasteiger partial charge in [-0.15, -0.1) is 0 Å². The van der Waals surface area contributed by atoms with Crippen molar-refractivity contribution in [2.75, 3.05) is 12.8 Å². The van der Waals surface area contributed by atoms with Crippen molar-refractivity contribution in [1.82, 2.24) is 10.6 Å². The van der Waals surface area contributed by atoms with Crippen LogP contribution in [-0.2, 0) is 4.79 Å². The smallest absolute Gasteiger partial charge is 0.231 e. The predicted molar refractivity (Wildman–Crippen MR) is 60.9 cm³/mol. The number of nitrogens with one attached hydrogen (secondary N) is 2. The molecule has 2 heterocycles. The van der Waals surface area contributed by atoms with Crippen LogP contribution in [0.5, 0.6) is 0 Å². The molecule has 0 aromatic carbocycles. The lowest BCUT2D eigenvalue weighted by Gasteiger charge is -2.26. The van der Waals surface area contributed by atoms with E-state index in [0.717, 1.165) is 24.6 Å². The number of carbonyl (C=O) groups is 1. The largest absolute Gasteiger partial charge is 0.312 e. The van der Waals surface area contributed by atoms with Crippen molar-refractivity contribution in [2.24, 2.45) is 16.8 Å². The lowest BCUT2D eigenvalue weighted by molar-refractivity contribution is -0.125. The van der Waals surface area contributed by atoms with Crippen molar-refractivity contribution in [1.29, 1.82) is 0 Å². The number of piperidine rings is 1. The Hall–Kier alpha value is -0.550. The van der Waals surface area contributed by atoms with E-state index in [-0.39, 0.29) is 17.9 Å². The van der Waals surface area contributed by atoms with E-state index in [1.165, 1.54) is 11.8 Å². The molecule has 3 aliphatic rings. The summed E-state index contributed by atoms with van der Waals surface area (Å²) in [4.78, 5) is 16.6. The zero-order valence-corrected chi connectivity index (χ0v) is 9.51. The van der Waals surface area contributed by atoms with Crippen molar-refractivity contribution in [3.05, 3.63) is 0 Å². The lowest BCUT2D eigenvalue weighted by Crippen LogP contribution is -2.47. The Kier molecular flexibility index (Phi) is 2.25. The lowest BCUT2D eigenvalue weighted by atomic mass is 9.90. The first-order valence-corrected chi connectivity index (χ1v) is 6.68. The molecule has 0 radical (unpaired) electrons. The molecule has 4 atom stereocenters. The molecule has 1 saturated heterocycles. The number of hydrogen-bond acceptors (Lipinski definition) is 4. The van der Waals surface area contributed by atoms with Gasteiger partial charge in [0, 0.05) is 6.04 Å². The van der Waals surface area contributed by atoms with Gasteiger partial charge in [0.05, 0.1) is 12.0 Å². The molecule has 82 valence electrons. The van der Waals surface area contributed by atoms with Crippen LogP contribution in [0.25, 0.3) is 0 Å². The number of rotatable bonds is 0. The minimum Gasteiger partial charge on any atom is -0.312 e. The predicted octanol–water partition coefficient (Wildman–Crippen LogP) is 0.202. The first-order chi connectivity index (χ1) is 7.29. The van der Waals surface area contributed by atoms with Gasteiger partial charge in [-0.25, -0.2) is 0 Å². The molecule has 0 aromatic heterocycles. The minimum atomic E-state index is 0.126. The van der Waals surface area contributed by atoms with Gasteiger partial charge in [-0.05, 0) is 31.6 Å². The zero-order chi connectivity index (χ0) is 10.4. The van der Waals surface area contributed by atoms with E-state index < -0.39 is 0 Å². The molecule has 2 N–H and O–H groups in total. The number of amidine groups is 1. The van der Waals surface area contributed by atoms with Gasteiger partial charge in [0.25, 0.3) is 0 Å². The van der Waals surface area contributed by atoms with Crippen molar-refractivity contribution in [2.45, 2.75) is 24.9 Å². The first-order valence-electron chi connectivity index (χ1n) is 5.45. The van der Waals surface area contributed by atoms with Crippen LogP contribution in [0.4, 0.5) is 0 Å². The van der Waals surface area contributed by atoms with E-state index in [0.29, 0.717) is 12.0 Å². The third kappa shape index (κ3) is 1.40. The Balaban J connectivity index is 1.94. The highest BCUT2D eigenvalue weighted by Gasteiger charge is 2.50. The van der Waals surface area contributed by atoms with E-state index in [9.17, 15) is 4.79 Å². The third-order valence-corrected chi connectivity index (χ3v) is 4.35. The van der Waals surface area contributed by atoms with Gasteiger partial charge in [-0.3, -0.25) is 9.79 Å². The molecular formula is C10H15N3OS. The Bertz CT molecular complexity index is 331. The quantitative estimate of drug-likeness (QED) is 0.619. The number of thioether (sulfide) groups is 1. The second-order valence-corrected chi connectivity index (χ2v) is 5.28. The maximum atomic E-state index is 12.0. The second-order valence-electron chi connectivity index (χ2n) is 4.49. The van der Waals surface area contributed by atoms with E-state index in [4.69, 9.17) is 0 Å². The fraction of sp³-hybridized carbons (Fsp3) is 0.800. The summed E-state index contributed by atoms with van der Waals surface area (Å²) in [6, 6.07) is 0.621. The highest BCUT2D eigenvalue weighted by molar-refractivity contribution is 8.13. The summed E-state index contributed by atoms with van der Waals surface area (Å²) in [7, 11) is 0. The molecule has 0 spiro atoms. The molecule has 2 fully saturated rings. The molecule has 15 heavy (non-hydrogen) atoms. The maximum Gasteiger partial charge on any atom is 0.231 e. The number of nitrogens with zero attached hydrogens (tertiary/aromatic N) is 1. The van der Waals surface area contributed by atoms with Crippen molar-refractivity contribution < 1.29 is 4.79 Å². The normalized spacial score (nSPS) is 43.3. The summed E-state index contributed by atoms with van der Waals surface area (Å²) in [6.45, 7) is 1.04. The van der Waals surface area contributed by atoms with Crippen molar-refractivity contribution in [3.8, 4) is 0 Å². The van der Waals surface area contributed by atoms with E-state index in [1.807, 2.05) is 6.26 Å². The molecule has 3 rings (SSSR count).